The van der Waals surface area contributed by atoms with Gasteiger partial charge in [-0.05, 0) is 0 Å². The van der Waals surface area contributed by atoms with Gasteiger partial charge in [-0.2, -0.15) is 0 Å². The summed E-state index contributed by atoms with van der Waals surface area (Å²) in [7, 11) is -0.726. The van der Waals surface area contributed by atoms with Crippen molar-refractivity contribution in [2.75, 3.05) is 26.2 Å². The number of hydrogen-bond donors (Lipinski definition) is 0. The summed E-state index contributed by atoms with van der Waals surface area (Å²) >= 11 is 0. The van der Waals surface area contributed by atoms with Crippen LogP contribution in [0.2, 0.25) is 0 Å². The van der Waals surface area contributed by atoms with Crippen molar-refractivity contribution in [1.82, 2.24) is 0 Å². The van der Waals surface area contributed by atoms with Gasteiger partial charge in [-0.1, -0.05) is 0 Å². The molecule has 0 unspecified atom stereocenters. The van der Waals surface area contributed by atoms with Crippen molar-refractivity contribution in [3.05, 3.63) is 0 Å². The molecule has 0 bridgehead atoms. The molecule has 0 fully saturated rings. The summed E-state index contributed by atoms with van der Waals surface area (Å²) in [6.07, 6.45) is 10.2. The SMILES string of the molecule is CCCCCCCC[PH](C)(C)C. The van der Waals surface area contributed by atoms with Gasteiger partial charge in [0.05, 0.1) is 0 Å². The van der Waals surface area contributed by atoms with Crippen LogP contribution in [-0.2, 0) is 0 Å². The Hall–Kier alpha value is 0.430. The van der Waals surface area contributed by atoms with Crippen molar-refractivity contribution in [2.24, 2.45) is 0 Å². The molecule has 1 heteroatoms. The zero-order valence-corrected chi connectivity index (χ0v) is 10.4. The molecule has 0 aromatic heterocycles. The fraction of sp³-hybridized carbons (Fsp3) is 1.00. The Balaban J connectivity index is 3.01. The van der Waals surface area contributed by atoms with Crippen LogP contribution in [0.3, 0.4) is 0 Å². The van der Waals surface area contributed by atoms with Gasteiger partial charge in [0.2, 0.25) is 0 Å². The molecule has 0 aliphatic carbocycles. The molecule has 0 amide bonds. The number of rotatable bonds is 7. The molecule has 0 rings (SSSR count). The Morgan fingerprint density at radius 3 is 1.75 bits per heavy atom. The van der Waals surface area contributed by atoms with Crippen molar-refractivity contribution in [3.63, 3.8) is 0 Å². The molecule has 0 heterocycles. The van der Waals surface area contributed by atoms with E-state index in [1.165, 1.54) is 44.7 Å². The van der Waals surface area contributed by atoms with Crippen LogP contribution in [0.4, 0.5) is 0 Å². The first-order valence-corrected chi connectivity index (χ1v) is 9.27. The molecule has 0 spiro atoms. The van der Waals surface area contributed by atoms with Gasteiger partial charge in [0.15, 0.2) is 0 Å². The summed E-state index contributed by atoms with van der Waals surface area (Å²) in [5.74, 6) is 0. The fourth-order valence-electron chi connectivity index (χ4n) is 1.44. The second-order valence-corrected chi connectivity index (χ2v) is 10.7. The molecule has 0 saturated carbocycles. The van der Waals surface area contributed by atoms with Crippen LogP contribution in [-0.4, -0.2) is 26.2 Å². The Morgan fingerprint density at radius 2 is 1.25 bits per heavy atom. The maximum absolute atomic E-state index is 2.47. The third kappa shape index (κ3) is 10.4. The molecule has 0 nitrogen and oxygen atoms in total. The van der Waals surface area contributed by atoms with Gasteiger partial charge >= 0.3 is 78.9 Å². The van der Waals surface area contributed by atoms with Gasteiger partial charge in [0.1, 0.15) is 0 Å². The van der Waals surface area contributed by atoms with Crippen molar-refractivity contribution in [3.8, 4) is 0 Å². The van der Waals surface area contributed by atoms with Crippen LogP contribution >= 0.6 is 7.26 Å². The van der Waals surface area contributed by atoms with Crippen LogP contribution in [0.25, 0.3) is 0 Å². The van der Waals surface area contributed by atoms with E-state index in [4.69, 9.17) is 0 Å². The van der Waals surface area contributed by atoms with Gasteiger partial charge < -0.3 is 0 Å². The predicted octanol–water partition coefficient (Wildman–Crippen LogP) is 3.99. The van der Waals surface area contributed by atoms with E-state index in [9.17, 15) is 0 Å². The van der Waals surface area contributed by atoms with Crippen LogP contribution in [0.1, 0.15) is 45.4 Å². The first kappa shape index (κ1) is 12.4. The molecule has 0 atom stereocenters. The molecule has 0 aromatic carbocycles. The summed E-state index contributed by atoms with van der Waals surface area (Å²) in [6.45, 7) is 9.69. The molecule has 0 radical (unpaired) electrons. The maximum atomic E-state index is 2.47. The van der Waals surface area contributed by atoms with Crippen molar-refractivity contribution in [1.29, 1.82) is 0 Å². The van der Waals surface area contributed by atoms with E-state index in [-0.39, 0.29) is 0 Å². The molecule has 0 aliphatic rings. The average molecular weight is 190 g/mol. The second-order valence-electron chi connectivity index (χ2n) is 5.08. The van der Waals surface area contributed by atoms with E-state index in [2.05, 4.69) is 26.9 Å². The topological polar surface area (TPSA) is 0 Å². The monoisotopic (exact) mass is 190 g/mol. The van der Waals surface area contributed by atoms with Crippen molar-refractivity contribution >= 4 is 7.26 Å². The van der Waals surface area contributed by atoms with Crippen molar-refractivity contribution in [2.45, 2.75) is 45.4 Å². The molecule has 0 aliphatic heterocycles. The van der Waals surface area contributed by atoms with Crippen LogP contribution in [0, 0.1) is 0 Å². The van der Waals surface area contributed by atoms with Gasteiger partial charge in [0, 0.05) is 0 Å². The van der Waals surface area contributed by atoms with Crippen LogP contribution in [0.5, 0.6) is 0 Å². The minimum absolute atomic E-state index is 0.726. The summed E-state index contributed by atoms with van der Waals surface area (Å²) < 4.78 is 0. The molecular weight excluding hydrogens is 163 g/mol. The molecular formula is C11H27P. The van der Waals surface area contributed by atoms with E-state index in [1.54, 1.807) is 0 Å². The predicted molar refractivity (Wildman–Crippen MR) is 64.3 cm³/mol. The van der Waals surface area contributed by atoms with Gasteiger partial charge in [-0.3, -0.25) is 0 Å². The molecule has 0 aromatic rings. The standard InChI is InChI=1S/C11H27P/c1-5-6-7-8-9-10-11-12(2,3)4/h12H,5-11H2,1-4H3. The number of hydrogen-bond acceptors (Lipinski definition) is 0. The Morgan fingerprint density at radius 1 is 0.750 bits per heavy atom. The van der Waals surface area contributed by atoms with E-state index >= 15 is 0 Å². The van der Waals surface area contributed by atoms with E-state index in [0.29, 0.717) is 0 Å². The van der Waals surface area contributed by atoms with E-state index < -0.39 is 7.26 Å². The Labute approximate surface area is 79.5 Å². The molecule has 0 saturated heterocycles. The van der Waals surface area contributed by atoms with E-state index in [1.807, 2.05) is 0 Å². The Kier molecular flexibility index (Phi) is 7.14. The van der Waals surface area contributed by atoms with Gasteiger partial charge in [-0.25, -0.2) is 0 Å². The summed E-state index contributed by atoms with van der Waals surface area (Å²) in [5.41, 5.74) is 0. The number of unbranched alkanes of at least 4 members (excludes halogenated alkanes) is 5. The summed E-state index contributed by atoms with van der Waals surface area (Å²) in [5, 5.41) is 0. The van der Waals surface area contributed by atoms with E-state index in [0.717, 1.165) is 0 Å². The average Bonchev–Trinajstić information content (AvgIpc) is 1.94. The third-order valence-electron chi connectivity index (χ3n) is 2.28. The zero-order valence-electron chi connectivity index (χ0n) is 9.45. The van der Waals surface area contributed by atoms with Crippen LogP contribution < -0.4 is 0 Å². The first-order chi connectivity index (χ1) is 5.56. The normalized spacial score (nSPS) is 13.3. The van der Waals surface area contributed by atoms with Crippen molar-refractivity contribution < 1.29 is 0 Å². The quantitative estimate of drug-likeness (QED) is 0.420. The molecule has 12 heavy (non-hydrogen) atoms. The zero-order chi connectivity index (χ0) is 9.45. The minimum atomic E-state index is -0.726. The van der Waals surface area contributed by atoms with Crippen LogP contribution in [0.15, 0.2) is 0 Å². The Bertz CT molecular complexity index is 91.7. The van der Waals surface area contributed by atoms with Gasteiger partial charge in [0.25, 0.3) is 0 Å². The second kappa shape index (κ2) is 6.89. The van der Waals surface area contributed by atoms with Gasteiger partial charge in [-0.15, -0.1) is 0 Å². The summed E-state index contributed by atoms with van der Waals surface area (Å²) in [4.78, 5) is 0. The summed E-state index contributed by atoms with van der Waals surface area (Å²) in [6, 6.07) is 0. The third-order valence-corrected chi connectivity index (χ3v) is 4.13. The fourth-order valence-corrected chi connectivity index (χ4v) is 2.75. The molecule has 0 N–H and O–H groups in total. The first-order valence-electron chi connectivity index (χ1n) is 5.56. The molecule has 76 valence electrons.